The summed E-state index contributed by atoms with van der Waals surface area (Å²) in [7, 11) is 0. The molecule has 180 valence electrons. The van der Waals surface area contributed by atoms with Gasteiger partial charge in [0.15, 0.2) is 0 Å². The quantitative estimate of drug-likeness (QED) is 0.356. The molecule has 4 aromatic rings. The van der Waals surface area contributed by atoms with Crippen LogP contribution >= 0.6 is 0 Å². The number of carbonyl (C=O) groups is 1. The van der Waals surface area contributed by atoms with Crippen LogP contribution in [-0.4, -0.2) is 58.1 Å². The predicted molar refractivity (Wildman–Crippen MR) is 138 cm³/mol. The van der Waals surface area contributed by atoms with Crippen LogP contribution in [-0.2, 0) is 22.6 Å². The van der Waals surface area contributed by atoms with Crippen LogP contribution in [0.4, 0.5) is 0 Å². The normalized spacial score (nSPS) is 15.0. The Morgan fingerprint density at radius 2 is 1.57 bits per heavy atom. The van der Waals surface area contributed by atoms with Gasteiger partial charge in [-0.15, -0.1) is 0 Å². The number of carbonyl (C=O) groups excluding carboxylic acids is 1. The highest BCUT2D eigenvalue weighted by Gasteiger charge is 2.26. The Labute approximate surface area is 206 Å². The Balaban J connectivity index is 1.23. The second-order valence-corrected chi connectivity index (χ2v) is 9.14. The first-order valence-corrected chi connectivity index (χ1v) is 12.3. The van der Waals surface area contributed by atoms with E-state index in [1.165, 1.54) is 23.6 Å². The van der Waals surface area contributed by atoms with Gasteiger partial charge in [0.1, 0.15) is 6.61 Å². The molecule has 0 unspecified atom stereocenters. The molecule has 0 saturated carbocycles. The standard InChI is InChI=1S/C29H32N4O2/c1-23(34)35-19-18-33-22-30-27-20-24(12-13-28(27)33)21-31-14-16-32(17-15-31)29(25-8-4-2-5-9-25)26-10-6-3-7-11-26/h2-13,20,22,29H,14-19,21H2,1H3. The number of nitrogens with zero attached hydrogens (tertiary/aromatic N) is 4. The molecule has 1 aromatic heterocycles. The number of rotatable bonds is 8. The fraction of sp³-hybridized carbons (Fsp3) is 0.310. The lowest BCUT2D eigenvalue weighted by Crippen LogP contribution is -2.47. The molecule has 1 saturated heterocycles. The van der Waals surface area contributed by atoms with Crippen LogP contribution < -0.4 is 0 Å². The third-order valence-electron chi connectivity index (χ3n) is 6.73. The minimum absolute atomic E-state index is 0.254. The first kappa shape index (κ1) is 23.3. The van der Waals surface area contributed by atoms with E-state index in [-0.39, 0.29) is 12.0 Å². The molecule has 5 rings (SSSR count). The number of piperazine rings is 1. The maximum atomic E-state index is 11.0. The van der Waals surface area contributed by atoms with Gasteiger partial charge in [-0.05, 0) is 28.8 Å². The second-order valence-electron chi connectivity index (χ2n) is 9.14. The fourth-order valence-electron chi connectivity index (χ4n) is 5.00. The fourth-order valence-corrected chi connectivity index (χ4v) is 5.00. The molecule has 3 aromatic carbocycles. The van der Waals surface area contributed by atoms with Gasteiger partial charge < -0.3 is 9.30 Å². The Morgan fingerprint density at radius 1 is 0.914 bits per heavy atom. The highest BCUT2D eigenvalue weighted by molar-refractivity contribution is 5.76. The topological polar surface area (TPSA) is 50.6 Å². The number of ether oxygens (including phenoxy) is 1. The van der Waals surface area contributed by atoms with E-state index in [1.807, 2.05) is 10.9 Å². The van der Waals surface area contributed by atoms with Gasteiger partial charge in [0, 0.05) is 39.6 Å². The second kappa shape index (κ2) is 10.8. The summed E-state index contributed by atoms with van der Waals surface area (Å²) < 4.78 is 7.11. The number of imidazole rings is 1. The summed E-state index contributed by atoms with van der Waals surface area (Å²) in [5, 5.41) is 0. The van der Waals surface area contributed by atoms with Crippen molar-refractivity contribution in [2.75, 3.05) is 32.8 Å². The summed E-state index contributed by atoms with van der Waals surface area (Å²) in [6, 6.07) is 28.5. The zero-order valence-corrected chi connectivity index (χ0v) is 20.2. The van der Waals surface area contributed by atoms with Crippen molar-refractivity contribution in [1.29, 1.82) is 0 Å². The summed E-state index contributed by atoms with van der Waals surface area (Å²) in [5.41, 5.74) is 6.03. The van der Waals surface area contributed by atoms with Crippen LogP contribution in [0.3, 0.4) is 0 Å². The van der Waals surface area contributed by atoms with Crippen molar-refractivity contribution in [3.05, 3.63) is 102 Å². The first-order chi connectivity index (χ1) is 17.2. The summed E-state index contributed by atoms with van der Waals surface area (Å²) in [4.78, 5) is 20.7. The van der Waals surface area contributed by atoms with Crippen LogP contribution in [0.2, 0.25) is 0 Å². The molecule has 0 amide bonds. The van der Waals surface area contributed by atoms with Crippen molar-refractivity contribution in [3.63, 3.8) is 0 Å². The Hall–Kier alpha value is -3.48. The number of fused-ring (bicyclic) bond motifs is 1. The molecule has 1 aliphatic rings. The van der Waals surface area contributed by atoms with Crippen molar-refractivity contribution in [2.24, 2.45) is 0 Å². The van der Waals surface area contributed by atoms with E-state index in [0.717, 1.165) is 43.8 Å². The van der Waals surface area contributed by atoms with Crippen LogP contribution in [0.1, 0.15) is 29.7 Å². The average molecular weight is 469 g/mol. The van der Waals surface area contributed by atoms with Crippen LogP contribution in [0, 0.1) is 0 Å². The van der Waals surface area contributed by atoms with Crippen molar-refractivity contribution in [2.45, 2.75) is 26.1 Å². The van der Waals surface area contributed by atoms with E-state index in [0.29, 0.717) is 13.2 Å². The zero-order chi connectivity index (χ0) is 24.0. The van der Waals surface area contributed by atoms with E-state index in [2.05, 4.69) is 93.6 Å². The van der Waals surface area contributed by atoms with Gasteiger partial charge in [0.25, 0.3) is 0 Å². The third kappa shape index (κ3) is 5.61. The van der Waals surface area contributed by atoms with E-state index in [1.54, 1.807) is 0 Å². The van der Waals surface area contributed by atoms with Crippen LogP contribution in [0.25, 0.3) is 11.0 Å². The number of aromatic nitrogens is 2. The van der Waals surface area contributed by atoms with E-state index < -0.39 is 0 Å². The van der Waals surface area contributed by atoms with Gasteiger partial charge in [-0.25, -0.2) is 4.98 Å². The monoisotopic (exact) mass is 468 g/mol. The number of esters is 1. The van der Waals surface area contributed by atoms with Gasteiger partial charge in [-0.2, -0.15) is 0 Å². The minimum Gasteiger partial charge on any atom is -0.464 e. The molecule has 2 heterocycles. The smallest absolute Gasteiger partial charge is 0.302 e. The summed E-state index contributed by atoms with van der Waals surface area (Å²) in [6.07, 6.45) is 1.82. The molecule has 1 aliphatic heterocycles. The molecule has 6 nitrogen and oxygen atoms in total. The summed E-state index contributed by atoms with van der Waals surface area (Å²) in [6.45, 7) is 7.45. The number of hydrogen-bond donors (Lipinski definition) is 0. The van der Waals surface area contributed by atoms with E-state index in [9.17, 15) is 4.79 Å². The predicted octanol–water partition coefficient (Wildman–Crippen LogP) is 4.51. The maximum Gasteiger partial charge on any atom is 0.302 e. The molecule has 6 heteroatoms. The van der Waals surface area contributed by atoms with E-state index in [4.69, 9.17) is 4.74 Å². The molecule has 0 radical (unpaired) electrons. The Morgan fingerprint density at radius 3 is 2.20 bits per heavy atom. The van der Waals surface area contributed by atoms with Gasteiger partial charge in [0.05, 0.1) is 29.9 Å². The first-order valence-electron chi connectivity index (χ1n) is 12.3. The van der Waals surface area contributed by atoms with Gasteiger partial charge in [0.2, 0.25) is 0 Å². The molecule has 0 bridgehead atoms. The highest BCUT2D eigenvalue weighted by Crippen LogP contribution is 2.29. The largest absolute Gasteiger partial charge is 0.464 e. The lowest BCUT2D eigenvalue weighted by molar-refractivity contribution is -0.141. The molecule has 0 atom stereocenters. The molecule has 0 aliphatic carbocycles. The molecule has 1 fully saturated rings. The van der Waals surface area contributed by atoms with Crippen molar-refractivity contribution < 1.29 is 9.53 Å². The molecular weight excluding hydrogens is 436 g/mol. The molecule has 0 spiro atoms. The Kier molecular flexibility index (Phi) is 7.21. The third-order valence-corrected chi connectivity index (χ3v) is 6.73. The van der Waals surface area contributed by atoms with Crippen LogP contribution in [0.15, 0.2) is 85.2 Å². The Bertz CT molecular complexity index is 1210. The maximum absolute atomic E-state index is 11.0. The summed E-state index contributed by atoms with van der Waals surface area (Å²) >= 11 is 0. The zero-order valence-electron chi connectivity index (χ0n) is 20.2. The minimum atomic E-state index is -0.254. The van der Waals surface area contributed by atoms with E-state index >= 15 is 0 Å². The average Bonchev–Trinajstić information content (AvgIpc) is 3.28. The SMILES string of the molecule is CC(=O)OCCn1cnc2cc(CN3CCN(C(c4ccccc4)c4ccccc4)CC3)ccc21. The highest BCUT2D eigenvalue weighted by atomic mass is 16.5. The number of benzene rings is 3. The molecule has 0 N–H and O–H groups in total. The van der Waals surface area contributed by atoms with Crippen LogP contribution in [0.5, 0.6) is 0 Å². The number of hydrogen-bond acceptors (Lipinski definition) is 5. The molecule has 35 heavy (non-hydrogen) atoms. The lowest BCUT2D eigenvalue weighted by atomic mass is 9.96. The van der Waals surface area contributed by atoms with Gasteiger partial charge >= 0.3 is 5.97 Å². The van der Waals surface area contributed by atoms with Crippen molar-refractivity contribution in [1.82, 2.24) is 19.4 Å². The van der Waals surface area contributed by atoms with Crippen molar-refractivity contribution in [3.8, 4) is 0 Å². The lowest BCUT2D eigenvalue weighted by Gasteiger charge is -2.39. The summed E-state index contributed by atoms with van der Waals surface area (Å²) in [5.74, 6) is -0.254. The van der Waals surface area contributed by atoms with Gasteiger partial charge in [-0.3, -0.25) is 14.6 Å². The van der Waals surface area contributed by atoms with Gasteiger partial charge in [-0.1, -0.05) is 66.7 Å². The van der Waals surface area contributed by atoms with Crippen molar-refractivity contribution >= 4 is 17.0 Å². The molecular formula is C29H32N4O2.